The summed E-state index contributed by atoms with van der Waals surface area (Å²) in [6, 6.07) is 9.41. The van der Waals surface area contributed by atoms with Gasteiger partial charge in [-0.2, -0.15) is 0 Å². The molecule has 1 saturated heterocycles. The Balaban J connectivity index is 2.35. The number of ether oxygens (including phenoxy) is 1. The van der Waals surface area contributed by atoms with E-state index in [0.717, 1.165) is 5.56 Å². The van der Waals surface area contributed by atoms with E-state index in [2.05, 4.69) is 0 Å². The molecule has 17 heavy (non-hydrogen) atoms. The van der Waals surface area contributed by atoms with Gasteiger partial charge in [-0.3, -0.25) is 4.79 Å². The smallest absolute Gasteiger partial charge is 0.306 e. The maximum absolute atomic E-state index is 11.4. The second kappa shape index (κ2) is 4.68. The van der Waals surface area contributed by atoms with Crippen molar-refractivity contribution in [1.29, 1.82) is 0 Å². The molecule has 1 heterocycles. The molecule has 0 bridgehead atoms. The van der Waals surface area contributed by atoms with Crippen LogP contribution in [0.15, 0.2) is 30.3 Å². The highest BCUT2D eigenvalue weighted by Gasteiger charge is 2.46. The number of rotatable bonds is 2. The lowest BCUT2D eigenvalue weighted by molar-refractivity contribution is -0.149. The van der Waals surface area contributed by atoms with Crippen LogP contribution in [0, 0.1) is 0 Å². The van der Waals surface area contributed by atoms with E-state index in [0.29, 0.717) is 12.8 Å². The van der Waals surface area contributed by atoms with Crippen molar-refractivity contribution >= 4 is 40.8 Å². The van der Waals surface area contributed by atoms with Gasteiger partial charge in [0.2, 0.25) is 0 Å². The van der Waals surface area contributed by atoms with Gasteiger partial charge in [0.15, 0.2) is 3.79 Å². The number of carbonyl (C=O) groups excluding carboxylic acids is 1. The minimum Gasteiger partial charge on any atom is -0.454 e. The monoisotopic (exact) mass is 292 g/mol. The Morgan fingerprint density at radius 2 is 1.88 bits per heavy atom. The lowest BCUT2D eigenvalue weighted by atomic mass is 9.88. The molecule has 0 aliphatic carbocycles. The first-order chi connectivity index (χ1) is 7.91. The maximum atomic E-state index is 11.4. The maximum Gasteiger partial charge on any atom is 0.306 e. The number of carbonyl (C=O) groups is 1. The van der Waals surface area contributed by atoms with E-state index >= 15 is 0 Å². The predicted octanol–water partition coefficient (Wildman–Crippen LogP) is 3.98. The van der Waals surface area contributed by atoms with E-state index in [1.807, 2.05) is 30.3 Å². The molecule has 0 saturated carbocycles. The first-order valence-electron chi connectivity index (χ1n) is 5.25. The van der Waals surface area contributed by atoms with Crippen LogP contribution < -0.4 is 0 Å². The molecule has 1 atom stereocenters. The summed E-state index contributed by atoms with van der Waals surface area (Å²) in [5, 5.41) is 0. The fourth-order valence-electron chi connectivity index (χ4n) is 2.12. The normalized spacial score (nSPS) is 24.8. The SMILES string of the molecule is O=C1CCC(CC(Cl)(Cl)Cl)(c2ccccc2)O1. The number of esters is 1. The Morgan fingerprint density at radius 1 is 1.24 bits per heavy atom. The van der Waals surface area contributed by atoms with Crippen LogP contribution in [0.3, 0.4) is 0 Å². The first-order valence-corrected chi connectivity index (χ1v) is 6.39. The zero-order valence-electron chi connectivity index (χ0n) is 8.96. The number of halogens is 3. The van der Waals surface area contributed by atoms with Crippen LogP contribution in [-0.2, 0) is 15.1 Å². The Labute approximate surface area is 115 Å². The van der Waals surface area contributed by atoms with E-state index in [1.165, 1.54) is 0 Å². The quantitative estimate of drug-likeness (QED) is 0.609. The molecule has 1 aliphatic rings. The van der Waals surface area contributed by atoms with E-state index in [1.54, 1.807) is 0 Å². The molecule has 92 valence electrons. The van der Waals surface area contributed by atoms with E-state index in [-0.39, 0.29) is 12.4 Å². The van der Waals surface area contributed by atoms with Gasteiger partial charge >= 0.3 is 5.97 Å². The Hall–Kier alpha value is -0.440. The molecule has 0 radical (unpaired) electrons. The molecule has 1 aromatic carbocycles. The van der Waals surface area contributed by atoms with Gasteiger partial charge < -0.3 is 4.74 Å². The molecule has 0 spiro atoms. The van der Waals surface area contributed by atoms with Gasteiger partial charge in [-0.15, -0.1) is 0 Å². The highest BCUT2D eigenvalue weighted by Crippen LogP contribution is 2.47. The lowest BCUT2D eigenvalue weighted by Gasteiger charge is -2.31. The summed E-state index contributed by atoms with van der Waals surface area (Å²) >= 11 is 17.5. The predicted molar refractivity (Wildman–Crippen MR) is 68.4 cm³/mol. The average Bonchev–Trinajstić information content (AvgIpc) is 2.60. The highest BCUT2D eigenvalue weighted by atomic mass is 35.6. The van der Waals surface area contributed by atoms with Crippen molar-refractivity contribution < 1.29 is 9.53 Å². The Bertz CT molecular complexity index is 414. The summed E-state index contributed by atoms with van der Waals surface area (Å²) in [7, 11) is 0. The van der Waals surface area contributed by atoms with E-state index in [9.17, 15) is 4.79 Å². The second-order valence-corrected chi connectivity index (χ2v) is 6.64. The van der Waals surface area contributed by atoms with Crippen molar-refractivity contribution in [3.05, 3.63) is 35.9 Å². The third kappa shape index (κ3) is 3.06. The number of benzene rings is 1. The van der Waals surface area contributed by atoms with Gasteiger partial charge in [0.05, 0.1) is 0 Å². The van der Waals surface area contributed by atoms with Crippen molar-refractivity contribution in [1.82, 2.24) is 0 Å². The minimum atomic E-state index is -1.44. The van der Waals surface area contributed by atoms with Crippen LogP contribution in [-0.4, -0.2) is 9.76 Å². The fourth-order valence-corrected chi connectivity index (χ4v) is 2.77. The van der Waals surface area contributed by atoms with Crippen molar-refractivity contribution in [3.63, 3.8) is 0 Å². The van der Waals surface area contributed by atoms with Crippen LogP contribution in [0.5, 0.6) is 0 Å². The first kappa shape index (κ1) is 13.0. The number of hydrogen-bond acceptors (Lipinski definition) is 2. The Kier molecular flexibility index (Phi) is 3.58. The zero-order chi connectivity index (χ0) is 12.5. The topological polar surface area (TPSA) is 26.3 Å². The molecule has 2 nitrogen and oxygen atoms in total. The molecule has 1 aromatic rings. The summed E-state index contributed by atoms with van der Waals surface area (Å²) in [6.45, 7) is 0. The van der Waals surface area contributed by atoms with Gasteiger partial charge in [0.1, 0.15) is 5.60 Å². The van der Waals surface area contributed by atoms with Gasteiger partial charge in [-0.1, -0.05) is 65.1 Å². The highest BCUT2D eigenvalue weighted by molar-refractivity contribution is 6.67. The summed E-state index contributed by atoms with van der Waals surface area (Å²) in [4.78, 5) is 11.4. The number of hydrogen-bond donors (Lipinski definition) is 0. The molecule has 2 rings (SSSR count). The molecule has 1 fully saturated rings. The second-order valence-electron chi connectivity index (χ2n) is 4.13. The summed E-state index contributed by atoms with van der Waals surface area (Å²) in [5.74, 6) is -0.247. The van der Waals surface area contributed by atoms with Crippen LogP contribution in [0.25, 0.3) is 0 Å². The van der Waals surface area contributed by atoms with Crippen molar-refractivity contribution in [2.45, 2.75) is 28.7 Å². The van der Waals surface area contributed by atoms with Crippen LogP contribution in [0.4, 0.5) is 0 Å². The molecular formula is C12H11Cl3O2. The van der Waals surface area contributed by atoms with Crippen LogP contribution in [0.2, 0.25) is 0 Å². The third-order valence-corrected chi connectivity index (χ3v) is 3.23. The molecule has 0 amide bonds. The average molecular weight is 294 g/mol. The number of cyclic esters (lactones) is 1. The standard InChI is InChI=1S/C12H11Cl3O2/c13-12(14,15)8-11(7-6-10(16)17-11)9-4-2-1-3-5-9/h1-5H,6-8H2. The summed E-state index contributed by atoms with van der Waals surface area (Å²) in [5.41, 5.74) is 0.0704. The Morgan fingerprint density at radius 3 is 2.35 bits per heavy atom. The van der Waals surface area contributed by atoms with Gasteiger partial charge in [-0.25, -0.2) is 0 Å². The summed E-state index contributed by atoms with van der Waals surface area (Å²) in [6.07, 6.45) is 1.07. The van der Waals surface area contributed by atoms with Gasteiger partial charge in [-0.05, 0) is 5.56 Å². The van der Waals surface area contributed by atoms with Crippen LogP contribution in [0.1, 0.15) is 24.8 Å². The van der Waals surface area contributed by atoms with Crippen molar-refractivity contribution in [2.75, 3.05) is 0 Å². The largest absolute Gasteiger partial charge is 0.454 e. The molecule has 0 N–H and O–H groups in total. The van der Waals surface area contributed by atoms with Crippen molar-refractivity contribution in [2.24, 2.45) is 0 Å². The zero-order valence-corrected chi connectivity index (χ0v) is 11.2. The third-order valence-electron chi connectivity index (χ3n) is 2.83. The summed E-state index contributed by atoms with van der Waals surface area (Å²) < 4.78 is 3.97. The molecule has 1 aliphatic heterocycles. The molecular weight excluding hydrogens is 282 g/mol. The molecule has 0 aromatic heterocycles. The minimum absolute atomic E-state index is 0.167. The number of alkyl halides is 3. The van der Waals surface area contributed by atoms with Crippen molar-refractivity contribution in [3.8, 4) is 0 Å². The van der Waals surface area contributed by atoms with Gasteiger partial charge in [0.25, 0.3) is 0 Å². The lowest BCUT2D eigenvalue weighted by Crippen LogP contribution is -2.30. The van der Waals surface area contributed by atoms with Crippen LogP contribution >= 0.6 is 34.8 Å². The molecule has 5 heteroatoms. The fraction of sp³-hybridized carbons (Fsp3) is 0.417. The molecule has 1 unspecified atom stereocenters. The van der Waals surface area contributed by atoms with E-state index < -0.39 is 9.39 Å². The van der Waals surface area contributed by atoms with E-state index in [4.69, 9.17) is 39.5 Å². The van der Waals surface area contributed by atoms with Gasteiger partial charge in [0, 0.05) is 19.3 Å².